The first-order chi connectivity index (χ1) is 21.8. The predicted molar refractivity (Wildman–Crippen MR) is 181 cm³/mol. The van der Waals surface area contributed by atoms with Gasteiger partial charge in [-0.2, -0.15) is 12.6 Å². The number of carbonyl (C=O) groups is 4. The lowest BCUT2D eigenvalue weighted by Gasteiger charge is -2.25. The van der Waals surface area contributed by atoms with Crippen LogP contribution in [-0.4, -0.2) is 77.9 Å². The van der Waals surface area contributed by atoms with E-state index in [0.29, 0.717) is 40.0 Å². The van der Waals surface area contributed by atoms with Gasteiger partial charge in [0.15, 0.2) is 11.0 Å². The van der Waals surface area contributed by atoms with Crippen LogP contribution in [0.2, 0.25) is 0 Å². The van der Waals surface area contributed by atoms with Crippen molar-refractivity contribution < 1.29 is 34.5 Å². The van der Waals surface area contributed by atoms with E-state index in [-0.39, 0.29) is 47.8 Å². The van der Waals surface area contributed by atoms with Crippen LogP contribution in [0.3, 0.4) is 0 Å². The minimum absolute atomic E-state index is 0.0527. The van der Waals surface area contributed by atoms with Gasteiger partial charge in [0, 0.05) is 40.4 Å². The molecule has 3 aliphatic heterocycles. The summed E-state index contributed by atoms with van der Waals surface area (Å²) < 4.78 is 0. The lowest BCUT2D eigenvalue weighted by Crippen LogP contribution is -2.36. The number of hydrogen-bond donors (Lipinski definition) is 8. The molecule has 0 radical (unpaired) electrons. The number of H-pyrrole nitrogens is 2. The van der Waals surface area contributed by atoms with Gasteiger partial charge in [-0.05, 0) is 97.5 Å². The van der Waals surface area contributed by atoms with Gasteiger partial charge in [-0.1, -0.05) is 6.92 Å². The van der Waals surface area contributed by atoms with E-state index in [1.165, 1.54) is 17.8 Å². The maximum Gasteiger partial charge on any atom is 0.328 e. The molecule has 2 aromatic rings. The zero-order valence-electron chi connectivity index (χ0n) is 26.2. The fourth-order valence-electron chi connectivity index (χ4n) is 6.74. The van der Waals surface area contributed by atoms with Gasteiger partial charge in [-0.25, -0.2) is 4.79 Å². The molecule has 2 amide bonds. The van der Waals surface area contributed by atoms with Crippen molar-refractivity contribution in [2.75, 3.05) is 11.5 Å². The number of nitrogens with one attached hydrogen (secondary N) is 4. The Hall–Kier alpha value is -3.68. The lowest BCUT2D eigenvalue weighted by atomic mass is 9.85. The number of aliphatic carboxylic acids is 2. The molecule has 1 unspecified atom stereocenters. The van der Waals surface area contributed by atoms with Crippen LogP contribution in [-0.2, 0) is 37.4 Å². The lowest BCUT2D eigenvalue weighted by molar-refractivity contribution is -0.137. The molecule has 3 aliphatic rings. The number of thiol groups is 2. The SMILES string of the molecule is CC1=C([C@H]2C[SH+]2)C(=O)N[C@@H]1/C=c1/[nH]/c(=C\c2[nH]c([C@H](O)C3NC(=O)[C@H](C)[C@H]3CCS)c(C)c2/C=C/C(=O)O)c(CCC(=O)O)c1C. The minimum Gasteiger partial charge on any atom is -0.481 e. The number of carboxylic acid groups (broad SMARTS) is 2. The van der Waals surface area contributed by atoms with Crippen LogP contribution in [0.4, 0.5) is 0 Å². The van der Waals surface area contributed by atoms with Crippen molar-refractivity contribution in [1.82, 2.24) is 20.6 Å². The zero-order valence-corrected chi connectivity index (χ0v) is 28.0. The van der Waals surface area contributed by atoms with Gasteiger partial charge >= 0.3 is 11.9 Å². The largest absolute Gasteiger partial charge is 0.481 e. The number of carbonyl (C=O) groups excluding carboxylic acids is 2. The van der Waals surface area contributed by atoms with Gasteiger partial charge in [0.2, 0.25) is 5.91 Å². The van der Waals surface area contributed by atoms with Gasteiger partial charge in [-0.3, -0.25) is 14.4 Å². The average molecular weight is 670 g/mol. The Morgan fingerprint density at radius 1 is 1.09 bits per heavy atom. The molecule has 7 N–H and O–H groups in total. The summed E-state index contributed by atoms with van der Waals surface area (Å²) in [6.45, 7) is 7.47. The van der Waals surface area contributed by atoms with Crippen molar-refractivity contribution in [3.8, 4) is 0 Å². The van der Waals surface area contributed by atoms with Crippen molar-refractivity contribution in [1.29, 1.82) is 0 Å². The molecular formula is C33H41N4O7S2+. The van der Waals surface area contributed by atoms with Gasteiger partial charge in [-0.15, -0.1) is 0 Å². The number of rotatable bonds is 12. The van der Waals surface area contributed by atoms with Crippen LogP contribution in [0.1, 0.15) is 66.4 Å². The summed E-state index contributed by atoms with van der Waals surface area (Å²) in [5, 5.41) is 38.1. The number of aromatic amines is 2. The molecular weight excluding hydrogens is 629 g/mol. The molecule has 2 fully saturated rings. The highest BCUT2D eigenvalue weighted by Crippen LogP contribution is 2.36. The number of amides is 2. The summed E-state index contributed by atoms with van der Waals surface area (Å²) in [4.78, 5) is 55.1. The summed E-state index contributed by atoms with van der Waals surface area (Å²) in [6.07, 6.45) is 5.88. The highest BCUT2D eigenvalue weighted by Gasteiger charge is 2.46. The predicted octanol–water partition coefficient (Wildman–Crippen LogP) is 0.800. The topological polar surface area (TPSA) is 185 Å². The first kappa shape index (κ1) is 33.7. The number of hydrogen-bond acceptors (Lipinski definition) is 6. The molecule has 2 saturated heterocycles. The van der Waals surface area contributed by atoms with Crippen LogP contribution in [0, 0.1) is 25.7 Å². The molecule has 0 spiro atoms. The van der Waals surface area contributed by atoms with E-state index >= 15 is 0 Å². The van der Waals surface area contributed by atoms with E-state index in [9.17, 15) is 34.5 Å². The Morgan fingerprint density at radius 2 is 1.80 bits per heavy atom. The standard InChI is InChI=1S/C33H40N4O7S2/c1-14-18(5-7-26(38)39)23(34-21(14)11-22-17(4)28(25-13-46-25)33(44)36-22)12-24-19(6-8-27(40)41)15(2)29(35-24)31(42)30-20(9-10-45)16(3)32(43)37-30/h6,8,11-12,16,20,22,25,30-31,34-35,42,45H,5,7,9-10,13H2,1-4H3,(H,36,44)(H,37,43)(H,38,39)(H,40,41)/p+1/b8-6+,21-11+,23-12-/t16-,20-,22-,25-,30?,31+/m1/s1. The first-order valence-electron chi connectivity index (χ1n) is 15.4. The maximum atomic E-state index is 12.7. The van der Waals surface area contributed by atoms with E-state index in [0.717, 1.165) is 39.5 Å². The van der Waals surface area contributed by atoms with Crippen molar-refractivity contribution in [2.24, 2.45) is 11.8 Å². The molecule has 0 saturated carbocycles. The zero-order chi connectivity index (χ0) is 33.4. The van der Waals surface area contributed by atoms with Gasteiger partial charge in [0.25, 0.3) is 5.91 Å². The molecule has 246 valence electrons. The molecule has 0 aliphatic carbocycles. The van der Waals surface area contributed by atoms with Crippen LogP contribution in [0.15, 0.2) is 17.2 Å². The molecule has 5 heterocycles. The van der Waals surface area contributed by atoms with Gasteiger partial charge in [0.05, 0.1) is 23.4 Å². The van der Waals surface area contributed by atoms with Crippen LogP contribution in [0.5, 0.6) is 0 Å². The van der Waals surface area contributed by atoms with E-state index in [4.69, 9.17) is 0 Å². The van der Waals surface area contributed by atoms with Crippen LogP contribution < -0.4 is 21.3 Å². The van der Waals surface area contributed by atoms with E-state index in [2.05, 4.69) is 33.2 Å². The summed E-state index contributed by atoms with van der Waals surface area (Å²) in [7, 11) is 0. The third-order valence-corrected chi connectivity index (χ3v) is 10.7. The molecule has 11 nitrogen and oxygen atoms in total. The van der Waals surface area contributed by atoms with Crippen molar-refractivity contribution >= 4 is 66.4 Å². The number of carboxylic acids is 2. The summed E-state index contributed by atoms with van der Waals surface area (Å²) in [6, 6.07) is -0.859. The number of aromatic nitrogens is 2. The van der Waals surface area contributed by atoms with Gasteiger partial charge in [0.1, 0.15) is 6.10 Å². The molecule has 5 rings (SSSR count). The van der Waals surface area contributed by atoms with E-state index in [1.807, 2.05) is 26.8 Å². The number of aliphatic hydroxyl groups excluding tert-OH is 1. The molecule has 13 heteroatoms. The van der Waals surface area contributed by atoms with Gasteiger partial charge < -0.3 is 35.9 Å². The Labute approximate surface area is 276 Å². The Balaban J connectivity index is 1.63. The molecule has 46 heavy (non-hydrogen) atoms. The molecule has 6 atom stereocenters. The quantitative estimate of drug-likeness (QED) is 0.0711. The van der Waals surface area contributed by atoms with E-state index < -0.39 is 24.1 Å². The normalized spacial score (nSPS) is 25.9. The second-order valence-corrected chi connectivity index (χ2v) is 14.1. The maximum absolute atomic E-state index is 12.7. The van der Waals surface area contributed by atoms with Crippen LogP contribution in [0.25, 0.3) is 18.2 Å². The van der Waals surface area contributed by atoms with Crippen molar-refractivity contribution in [3.05, 3.63) is 61.6 Å². The average Bonchev–Trinajstić information content (AvgIpc) is 3.55. The Kier molecular flexibility index (Phi) is 9.95. The summed E-state index contributed by atoms with van der Waals surface area (Å²) in [5.74, 6) is -1.18. The fraction of sp³-hybridized carbons (Fsp3) is 0.455. The third-order valence-electron chi connectivity index (χ3n) is 9.47. The first-order valence-corrected chi connectivity index (χ1v) is 17.1. The second-order valence-electron chi connectivity index (χ2n) is 12.3. The fourth-order valence-corrected chi connectivity index (χ4v) is 7.83. The second kappa shape index (κ2) is 13.6. The smallest absolute Gasteiger partial charge is 0.328 e. The summed E-state index contributed by atoms with van der Waals surface area (Å²) in [5.41, 5.74) is 5.56. The molecule has 0 aromatic carbocycles. The van der Waals surface area contributed by atoms with Crippen molar-refractivity contribution in [2.45, 2.75) is 70.4 Å². The monoisotopic (exact) mass is 669 g/mol. The summed E-state index contributed by atoms with van der Waals surface area (Å²) >= 11 is 5.61. The number of aliphatic hydroxyl groups is 1. The Bertz CT molecular complexity index is 1770. The Morgan fingerprint density at radius 3 is 2.43 bits per heavy atom. The highest BCUT2D eigenvalue weighted by atomic mass is 32.2. The van der Waals surface area contributed by atoms with Crippen LogP contribution >= 0.6 is 12.6 Å². The highest BCUT2D eigenvalue weighted by molar-refractivity contribution is 7.87. The third kappa shape index (κ3) is 6.72. The minimum atomic E-state index is -1.14. The molecule has 0 bridgehead atoms. The molecule has 2 aromatic heterocycles. The van der Waals surface area contributed by atoms with Crippen molar-refractivity contribution in [3.63, 3.8) is 0 Å². The van der Waals surface area contributed by atoms with E-state index in [1.54, 1.807) is 13.0 Å².